The molecule has 0 saturated carbocycles. The molecule has 3 aliphatic rings. The van der Waals surface area contributed by atoms with Gasteiger partial charge in [0.05, 0.1) is 5.92 Å². The molecule has 0 aliphatic carbocycles. The van der Waals surface area contributed by atoms with E-state index in [1.54, 1.807) is 4.90 Å². The van der Waals surface area contributed by atoms with E-state index in [0.717, 1.165) is 24.4 Å². The molecule has 3 atom stereocenters. The zero-order chi connectivity index (χ0) is 15.3. The van der Waals surface area contributed by atoms with Crippen LogP contribution < -0.4 is 4.90 Å². The second-order valence-corrected chi connectivity index (χ2v) is 7.91. The Morgan fingerprint density at radius 1 is 1.23 bits per heavy atom. The fourth-order valence-corrected chi connectivity index (χ4v) is 5.19. The van der Waals surface area contributed by atoms with Gasteiger partial charge in [0.2, 0.25) is 11.8 Å². The number of likely N-dealkylation sites (tertiary alicyclic amines) is 1. The lowest BCUT2D eigenvalue weighted by atomic mass is 10.1. The lowest BCUT2D eigenvalue weighted by Crippen LogP contribution is -2.43. The van der Waals surface area contributed by atoms with Gasteiger partial charge in [-0.25, -0.2) is 0 Å². The summed E-state index contributed by atoms with van der Waals surface area (Å²) in [6.07, 6.45) is 1.49. The van der Waals surface area contributed by atoms with Crippen molar-refractivity contribution in [1.29, 1.82) is 0 Å². The van der Waals surface area contributed by atoms with Crippen LogP contribution in [0.2, 0.25) is 0 Å². The minimum absolute atomic E-state index is 0.0703. The number of hydrogen-bond acceptors (Lipinski definition) is 3. The highest BCUT2D eigenvalue weighted by atomic mass is 32.2. The van der Waals surface area contributed by atoms with E-state index in [9.17, 15) is 9.59 Å². The summed E-state index contributed by atoms with van der Waals surface area (Å²) >= 11 is 1.98. The molecule has 3 saturated heterocycles. The van der Waals surface area contributed by atoms with Crippen LogP contribution in [0.15, 0.2) is 24.3 Å². The van der Waals surface area contributed by atoms with Gasteiger partial charge in [-0.2, -0.15) is 11.8 Å². The van der Waals surface area contributed by atoms with Gasteiger partial charge >= 0.3 is 0 Å². The van der Waals surface area contributed by atoms with Crippen molar-refractivity contribution in [2.24, 2.45) is 5.92 Å². The maximum Gasteiger partial charge on any atom is 0.228 e. The summed E-state index contributed by atoms with van der Waals surface area (Å²) in [6, 6.07) is 8.36. The molecule has 3 fully saturated rings. The smallest absolute Gasteiger partial charge is 0.228 e. The van der Waals surface area contributed by atoms with E-state index < -0.39 is 0 Å². The van der Waals surface area contributed by atoms with Crippen molar-refractivity contribution >= 4 is 29.3 Å². The highest BCUT2D eigenvalue weighted by Crippen LogP contribution is 2.39. The van der Waals surface area contributed by atoms with Crippen molar-refractivity contribution in [2.75, 3.05) is 23.7 Å². The zero-order valence-electron chi connectivity index (χ0n) is 12.7. The predicted octanol–water partition coefficient (Wildman–Crippen LogP) is 2.06. The molecule has 2 amide bonds. The van der Waals surface area contributed by atoms with Crippen LogP contribution in [0.5, 0.6) is 0 Å². The van der Waals surface area contributed by atoms with Gasteiger partial charge in [-0.3, -0.25) is 9.59 Å². The maximum atomic E-state index is 12.8. The molecule has 0 spiro atoms. The molecule has 1 aromatic carbocycles. The Bertz CT molecular complexity index is 616. The maximum absolute atomic E-state index is 12.8. The first-order chi connectivity index (χ1) is 10.6. The number of fused-ring (bicyclic) bond motifs is 2. The van der Waals surface area contributed by atoms with E-state index in [4.69, 9.17) is 0 Å². The van der Waals surface area contributed by atoms with E-state index >= 15 is 0 Å². The number of amides is 2. The second-order valence-electron chi connectivity index (χ2n) is 6.58. The number of rotatable bonds is 2. The molecule has 5 heteroatoms. The van der Waals surface area contributed by atoms with Gasteiger partial charge in [-0.1, -0.05) is 17.7 Å². The van der Waals surface area contributed by atoms with Crippen molar-refractivity contribution in [3.63, 3.8) is 0 Å². The highest BCUT2D eigenvalue weighted by Gasteiger charge is 2.45. The SMILES string of the molecule is Cc1ccc(N2CC(C(=O)N3CC4CC3CS4)CC2=O)cc1. The Labute approximate surface area is 134 Å². The summed E-state index contributed by atoms with van der Waals surface area (Å²) in [6.45, 7) is 3.44. The third-order valence-corrected chi connectivity index (χ3v) is 6.39. The third kappa shape index (κ3) is 2.32. The number of aryl methyl sites for hydroxylation is 1. The van der Waals surface area contributed by atoms with Gasteiger partial charge in [-0.15, -0.1) is 0 Å². The minimum atomic E-state index is -0.168. The standard InChI is InChI=1S/C17H20N2O2S/c1-11-2-4-13(5-3-11)18-8-12(6-16(18)20)17(21)19-9-15-7-14(19)10-22-15/h2-5,12,14-15H,6-10H2,1H3. The van der Waals surface area contributed by atoms with Crippen LogP contribution in [0.1, 0.15) is 18.4 Å². The zero-order valence-corrected chi connectivity index (χ0v) is 13.5. The van der Waals surface area contributed by atoms with Crippen LogP contribution in [-0.2, 0) is 9.59 Å². The molecule has 4 rings (SSSR count). The fraction of sp³-hybridized carbons (Fsp3) is 0.529. The summed E-state index contributed by atoms with van der Waals surface area (Å²) in [5, 5.41) is 0.624. The summed E-state index contributed by atoms with van der Waals surface area (Å²) in [4.78, 5) is 28.9. The Balaban J connectivity index is 1.47. The molecule has 1 aromatic rings. The average molecular weight is 316 g/mol. The van der Waals surface area contributed by atoms with Crippen molar-refractivity contribution in [2.45, 2.75) is 31.1 Å². The Kier molecular flexibility index (Phi) is 3.40. The molecular formula is C17H20N2O2S. The Morgan fingerprint density at radius 2 is 2.00 bits per heavy atom. The lowest BCUT2D eigenvalue weighted by Gasteiger charge is -2.29. The number of carbonyl (C=O) groups is 2. The Hall–Kier alpha value is -1.49. The van der Waals surface area contributed by atoms with E-state index in [1.165, 1.54) is 5.56 Å². The van der Waals surface area contributed by atoms with Gasteiger partial charge in [-0.05, 0) is 25.5 Å². The fourth-order valence-electron chi connectivity index (χ4n) is 3.75. The molecule has 0 aromatic heterocycles. The van der Waals surface area contributed by atoms with Gasteiger partial charge < -0.3 is 9.80 Å². The van der Waals surface area contributed by atoms with Crippen LogP contribution in [0, 0.1) is 12.8 Å². The first-order valence-corrected chi connectivity index (χ1v) is 8.96. The van der Waals surface area contributed by atoms with Gasteiger partial charge in [0.1, 0.15) is 0 Å². The van der Waals surface area contributed by atoms with Crippen molar-refractivity contribution in [3.05, 3.63) is 29.8 Å². The topological polar surface area (TPSA) is 40.6 Å². The molecule has 116 valence electrons. The van der Waals surface area contributed by atoms with Gasteiger partial charge in [0.25, 0.3) is 0 Å². The number of hydrogen-bond donors (Lipinski definition) is 0. The first kappa shape index (κ1) is 14.1. The third-order valence-electron chi connectivity index (χ3n) is 5.00. The van der Waals surface area contributed by atoms with Crippen LogP contribution >= 0.6 is 11.8 Å². The number of anilines is 1. The van der Waals surface area contributed by atoms with E-state index in [-0.39, 0.29) is 17.7 Å². The van der Waals surface area contributed by atoms with Gasteiger partial charge in [0, 0.05) is 42.2 Å². The molecule has 0 radical (unpaired) electrons. The molecule has 3 heterocycles. The lowest BCUT2D eigenvalue weighted by molar-refractivity contribution is -0.136. The molecule has 0 N–H and O–H groups in total. The molecule has 3 unspecified atom stereocenters. The molecule has 3 aliphatic heterocycles. The Morgan fingerprint density at radius 3 is 2.64 bits per heavy atom. The first-order valence-electron chi connectivity index (χ1n) is 7.91. The average Bonchev–Trinajstić information content (AvgIpc) is 3.22. The summed E-state index contributed by atoms with van der Waals surface area (Å²) in [7, 11) is 0. The van der Waals surface area contributed by atoms with Crippen LogP contribution in [0.25, 0.3) is 0 Å². The number of nitrogens with zero attached hydrogens (tertiary/aromatic N) is 2. The van der Waals surface area contributed by atoms with Crippen LogP contribution in [-0.4, -0.2) is 46.8 Å². The highest BCUT2D eigenvalue weighted by molar-refractivity contribution is 8.00. The van der Waals surface area contributed by atoms with Crippen molar-refractivity contribution in [1.82, 2.24) is 4.90 Å². The number of benzene rings is 1. The van der Waals surface area contributed by atoms with Gasteiger partial charge in [0.15, 0.2) is 0 Å². The van der Waals surface area contributed by atoms with E-state index in [2.05, 4.69) is 0 Å². The van der Waals surface area contributed by atoms with E-state index in [0.29, 0.717) is 24.3 Å². The van der Waals surface area contributed by atoms with E-state index in [1.807, 2.05) is 47.9 Å². The molecule has 4 nitrogen and oxygen atoms in total. The summed E-state index contributed by atoms with van der Waals surface area (Å²) in [5.74, 6) is 1.16. The summed E-state index contributed by atoms with van der Waals surface area (Å²) in [5.41, 5.74) is 2.08. The second kappa shape index (κ2) is 5.30. The summed E-state index contributed by atoms with van der Waals surface area (Å²) < 4.78 is 0. The largest absolute Gasteiger partial charge is 0.337 e. The van der Waals surface area contributed by atoms with Crippen molar-refractivity contribution in [3.8, 4) is 0 Å². The minimum Gasteiger partial charge on any atom is -0.337 e. The van der Waals surface area contributed by atoms with Crippen LogP contribution in [0.3, 0.4) is 0 Å². The molecule has 2 bridgehead atoms. The predicted molar refractivity (Wildman–Crippen MR) is 88.0 cm³/mol. The monoisotopic (exact) mass is 316 g/mol. The number of carbonyl (C=O) groups excluding carboxylic acids is 2. The van der Waals surface area contributed by atoms with Crippen LogP contribution in [0.4, 0.5) is 5.69 Å². The normalized spacial score (nSPS) is 30.4. The quantitative estimate of drug-likeness (QED) is 0.838. The van der Waals surface area contributed by atoms with Crippen molar-refractivity contribution < 1.29 is 9.59 Å². The molecular weight excluding hydrogens is 296 g/mol. The number of thioether (sulfide) groups is 1. The molecule has 22 heavy (non-hydrogen) atoms.